The number of benzene rings is 3. The summed E-state index contributed by atoms with van der Waals surface area (Å²) in [6.45, 7) is 9.16. The molecule has 0 aromatic heterocycles. The molecular formula is C30H32FNO4. The van der Waals surface area contributed by atoms with Crippen LogP contribution < -0.4 is 9.47 Å². The van der Waals surface area contributed by atoms with Crippen molar-refractivity contribution >= 4 is 11.1 Å². The van der Waals surface area contributed by atoms with E-state index < -0.39 is 17.7 Å². The number of phenolic OH excluding ortho intramolecular Hbond substituents is 2. The molecule has 0 spiro atoms. The van der Waals surface area contributed by atoms with Crippen molar-refractivity contribution in [2.24, 2.45) is 5.92 Å². The van der Waals surface area contributed by atoms with Crippen molar-refractivity contribution in [1.82, 2.24) is 4.90 Å². The van der Waals surface area contributed by atoms with E-state index in [9.17, 15) is 14.6 Å². The second-order valence-corrected chi connectivity index (χ2v) is 9.98. The molecule has 2 aliphatic heterocycles. The summed E-state index contributed by atoms with van der Waals surface area (Å²) >= 11 is 0. The van der Waals surface area contributed by atoms with Crippen molar-refractivity contribution < 1.29 is 24.1 Å². The predicted molar refractivity (Wildman–Crippen MR) is 139 cm³/mol. The molecule has 3 atom stereocenters. The number of halogens is 1. The number of rotatable bonds is 6. The molecule has 2 heterocycles. The summed E-state index contributed by atoms with van der Waals surface area (Å²) in [6.07, 6.45) is 0.712. The first kappa shape index (κ1) is 24.2. The molecule has 1 saturated heterocycles. The Morgan fingerprint density at radius 1 is 1.11 bits per heavy atom. The van der Waals surface area contributed by atoms with Crippen LogP contribution in [0.1, 0.15) is 50.0 Å². The zero-order valence-corrected chi connectivity index (χ0v) is 20.9. The van der Waals surface area contributed by atoms with Crippen LogP contribution in [0.2, 0.25) is 0 Å². The van der Waals surface area contributed by atoms with Crippen molar-refractivity contribution in [2.45, 2.75) is 39.3 Å². The van der Waals surface area contributed by atoms with Crippen molar-refractivity contribution in [1.29, 1.82) is 0 Å². The Kier molecular flexibility index (Phi) is 6.63. The van der Waals surface area contributed by atoms with Crippen LogP contribution >= 0.6 is 0 Å². The average Bonchev–Trinajstić information content (AvgIpc) is 3.31. The second-order valence-electron chi connectivity index (χ2n) is 9.98. The molecule has 0 radical (unpaired) electrons. The summed E-state index contributed by atoms with van der Waals surface area (Å²) in [5, 5.41) is 20.1. The van der Waals surface area contributed by atoms with Gasteiger partial charge in [-0.3, -0.25) is 4.90 Å². The van der Waals surface area contributed by atoms with E-state index in [1.54, 1.807) is 24.3 Å². The van der Waals surface area contributed by atoms with Gasteiger partial charge in [-0.2, -0.15) is 0 Å². The molecule has 2 N–H and O–H groups in total. The second kappa shape index (κ2) is 9.86. The number of hydrogen-bond acceptors (Lipinski definition) is 5. The Labute approximate surface area is 211 Å². The molecule has 36 heavy (non-hydrogen) atoms. The Bertz CT molecular complexity index is 1290. The van der Waals surface area contributed by atoms with Crippen molar-refractivity contribution in [3.63, 3.8) is 0 Å². The van der Waals surface area contributed by atoms with Gasteiger partial charge in [0.15, 0.2) is 11.6 Å². The summed E-state index contributed by atoms with van der Waals surface area (Å²) in [4.78, 5) is 2.47. The quantitative estimate of drug-likeness (QED) is 0.419. The molecule has 6 heteroatoms. The molecule has 0 bridgehead atoms. The van der Waals surface area contributed by atoms with E-state index in [4.69, 9.17) is 9.47 Å². The zero-order chi connectivity index (χ0) is 25.4. The molecule has 3 aromatic rings. The van der Waals surface area contributed by atoms with Gasteiger partial charge in [0, 0.05) is 18.2 Å². The van der Waals surface area contributed by atoms with Crippen LogP contribution in [0.4, 0.5) is 4.39 Å². The number of ether oxygens (including phenoxy) is 2. The van der Waals surface area contributed by atoms with Crippen LogP contribution in [-0.4, -0.2) is 40.9 Å². The van der Waals surface area contributed by atoms with E-state index >= 15 is 0 Å². The molecule has 0 amide bonds. The van der Waals surface area contributed by atoms with Crippen LogP contribution in [-0.2, 0) is 0 Å². The van der Waals surface area contributed by atoms with Crippen molar-refractivity contribution in [2.75, 3.05) is 19.7 Å². The van der Waals surface area contributed by atoms with Gasteiger partial charge in [0.1, 0.15) is 30.0 Å². The maximum absolute atomic E-state index is 14.9. The molecule has 3 aromatic carbocycles. The minimum Gasteiger partial charge on any atom is -0.508 e. The highest BCUT2D eigenvalue weighted by atomic mass is 19.1. The molecular weight excluding hydrogens is 457 g/mol. The fraction of sp³-hybridized carbons (Fsp3) is 0.333. The maximum Gasteiger partial charge on any atom is 0.176 e. The molecule has 0 aliphatic carbocycles. The largest absolute Gasteiger partial charge is 0.508 e. The smallest absolute Gasteiger partial charge is 0.176 e. The number of likely N-dealkylation sites (tertiary alicyclic amines) is 1. The first-order valence-electron chi connectivity index (χ1n) is 12.5. The lowest BCUT2D eigenvalue weighted by Gasteiger charge is -2.31. The van der Waals surface area contributed by atoms with E-state index in [1.165, 1.54) is 12.5 Å². The van der Waals surface area contributed by atoms with Gasteiger partial charge in [-0.15, -0.1) is 0 Å². The first-order valence-corrected chi connectivity index (χ1v) is 12.5. The number of allylic oxidation sites excluding steroid dienone is 1. The van der Waals surface area contributed by atoms with E-state index in [0.717, 1.165) is 41.5 Å². The third-order valence-electron chi connectivity index (χ3n) is 7.28. The molecule has 0 saturated carbocycles. The van der Waals surface area contributed by atoms with Gasteiger partial charge >= 0.3 is 0 Å². The van der Waals surface area contributed by atoms with Crippen LogP contribution in [0.5, 0.6) is 23.0 Å². The number of nitrogens with zero attached hydrogens (tertiary/aromatic N) is 1. The van der Waals surface area contributed by atoms with Crippen LogP contribution in [0.25, 0.3) is 11.1 Å². The standard InChI is InChI=1S/C30H32FNO4/c1-18-13-14-32(16-18)19(2)17-35-24-9-7-21(8-10-24)30-27(22-5-4-6-23(33)15-22)20(3)28-26(36-30)12-11-25(34)29(28)31/h4-12,15,18-19,30,33-34H,13-14,16-17H2,1-3H3/t18-,19+,30?/m1/s1. The molecule has 1 unspecified atom stereocenters. The van der Waals surface area contributed by atoms with Crippen LogP contribution in [0.15, 0.2) is 60.7 Å². The fourth-order valence-corrected chi connectivity index (χ4v) is 5.22. The summed E-state index contributed by atoms with van der Waals surface area (Å²) in [6, 6.07) is 17.9. The Hall–Kier alpha value is -3.51. The van der Waals surface area contributed by atoms with Gasteiger partial charge in [-0.05, 0) is 85.8 Å². The minimum absolute atomic E-state index is 0.110. The van der Waals surface area contributed by atoms with E-state index in [0.29, 0.717) is 24.0 Å². The number of phenols is 2. The lowest BCUT2D eigenvalue weighted by Crippen LogP contribution is -2.35. The minimum atomic E-state index is -0.716. The summed E-state index contributed by atoms with van der Waals surface area (Å²) in [5.41, 5.74) is 3.21. The SMILES string of the molecule is CC1=C(c2cccc(O)c2)C(c2ccc(OC[C@H](C)N3CC[C@@H](C)C3)cc2)Oc2ccc(O)c(F)c21. The lowest BCUT2D eigenvalue weighted by atomic mass is 9.86. The normalized spacial score (nSPS) is 20.7. The Morgan fingerprint density at radius 2 is 1.89 bits per heavy atom. The third-order valence-corrected chi connectivity index (χ3v) is 7.28. The monoisotopic (exact) mass is 489 g/mol. The van der Waals surface area contributed by atoms with Gasteiger partial charge in [-0.25, -0.2) is 4.39 Å². The van der Waals surface area contributed by atoms with Crippen LogP contribution in [0, 0.1) is 11.7 Å². The van der Waals surface area contributed by atoms with E-state index in [-0.39, 0.29) is 11.3 Å². The maximum atomic E-state index is 14.9. The van der Waals surface area contributed by atoms with Crippen molar-refractivity contribution in [3.05, 3.63) is 83.2 Å². The molecule has 2 aliphatic rings. The zero-order valence-electron chi connectivity index (χ0n) is 20.9. The van der Waals surface area contributed by atoms with Gasteiger partial charge in [0.25, 0.3) is 0 Å². The average molecular weight is 490 g/mol. The topological polar surface area (TPSA) is 62.2 Å². The highest BCUT2D eigenvalue weighted by Crippen LogP contribution is 2.49. The number of fused-ring (bicyclic) bond motifs is 1. The molecule has 1 fully saturated rings. The van der Waals surface area contributed by atoms with E-state index in [2.05, 4.69) is 18.7 Å². The first-order chi connectivity index (χ1) is 17.3. The number of aromatic hydroxyl groups is 2. The van der Waals surface area contributed by atoms with Gasteiger partial charge < -0.3 is 19.7 Å². The summed E-state index contributed by atoms with van der Waals surface area (Å²) in [5.74, 6) is 0.854. The summed E-state index contributed by atoms with van der Waals surface area (Å²) < 4.78 is 27.3. The fourth-order valence-electron chi connectivity index (χ4n) is 5.22. The summed E-state index contributed by atoms with van der Waals surface area (Å²) in [7, 11) is 0. The Balaban J connectivity index is 1.43. The Morgan fingerprint density at radius 3 is 2.58 bits per heavy atom. The molecule has 5 nitrogen and oxygen atoms in total. The highest BCUT2D eigenvalue weighted by molar-refractivity contribution is 5.96. The highest BCUT2D eigenvalue weighted by Gasteiger charge is 2.32. The third kappa shape index (κ3) is 4.65. The number of hydrogen-bond donors (Lipinski definition) is 2. The molecule has 188 valence electrons. The van der Waals surface area contributed by atoms with Crippen molar-refractivity contribution in [3.8, 4) is 23.0 Å². The predicted octanol–water partition coefficient (Wildman–Crippen LogP) is 6.41. The lowest BCUT2D eigenvalue weighted by molar-refractivity contribution is 0.169. The van der Waals surface area contributed by atoms with Gasteiger partial charge in [-0.1, -0.05) is 31.2 Å². The van der Waals surface area contributed by atoms with E-state index in [1.807, 2.05) is 37.3 Å². The van der Waals surface area contributed by atoms with Crippen LogP contribution in [0.3, 0.4) is 0 Å². The van der Waals surface area contributed by atoms with Gasteiger partial charge in [0.05, 0.1) is 5.56 Å². The molecule has 5 rings (SSSR count). The van der Waals surface area contributed by atoms with Gasteiger partial charge in [0.2, 0.25) is 0 Å².